The number of thiocarbonyl (C=S) groups is 1. The summed E-state index contributed by atoms with van der Waals surface area (Å²) >= 11 is 17.7. The minimum atomic E-state index is -0.156. The van der Waals surface area contributed by atoms with Gasteiger partial charge in [-0.15, -0.1) is 0 Å². The van der Waals surface area contributed by atoms with Crippen molar-refractivity contribution in [1.82, 2.24) is 5.32 Å². The second kappa shape index (κ2) is 4.75. The molecule has 1 aliphatic rings. The second-order valence-electron chi connectivity index (χ2n) is 3.03. The Morgan fingerprint density at radius 1 is 1.31 bits per heavy atom. The molecule has 0 unspecified atom stereocenters. The van der Waals surface area contributed by atoms with Crippen LogP contribution in [0.4, 0.5) is 4.79 Å². The smallest absolute Gasteiger partial charge is 0.289 e. The van der Waals surface area contributed by atoms with E-state index in [0.717, 1.165) is 22.2 Å². The first-order valence-corrected chi connectivity index (χ1v) is 6.24. The van der Waals surface area contributed by atoms with Gasteiger partial charge in [-0.05, 0) is 35.5 Å². The molecule has 0 aromatic heterocycles. The van der Waals surface area contributed by atoms with Gasteiger partial charge in [0.05, 0.1) is 15.0 Å². The molecule has 1 heterocycles. The third kappa shape index (κ3) is 2.58. The van der Waals surface area contributed by atoms with Gasteiger partial charge >= 0.3 is 0 Å². The highest BCUT2D eigenvalue weighted by Crippen LogP contribution is 2.29. The van der Waals surface area contributed by atoms with Crippen LogP contribution < -0.4 is 5.32 Å². The number of hydrogen-bond acceptors (Lipinski definition) is 3. The molecule has 0 atom stereocenters. The molecule has 6 heteroatoms. The highest BCUT2D eigenvalue weighted by molar-refractivity contribution is 8.19. The molecule has 2 rings (SSSR count). The van der Waals surface area contributed by atoms with Crippen molar-refractivity contribution in [3.8, 4) is 0 Å². The summed E-state index contributed by atoms with van der Waals surface area (Å²) in [4.78, 5) is 12.2. The molecule has 1 aromatic carbocycles. The van der Waals surface area contributed by atoms with E-state index in [2.05, 4.69) is 5.32 Å². The van der Waals surface area contributed by atoms with E-state index >= 15 is 0 Å². The summed E-state index contributed by atoms with van der Waals surface area (Å²) in [5.74, 6) is 0. The van der Waals surface area contributed by atoms with Gasteiger partial charge in [0.2, 0.25) is 0 Å². The summed E-state index contributed by atoms with van der Waals surface area (Å²) in [6.07, 6.45) is 1.80. The summed E-state index contributed by atoms with van der Waals surface area (Å²) in [6, 6.07) is 5.24. The Bertz CT molecular complexity index is 514. The van der Waals surface area contributed by atoms with Crippen molar-refractivity contribution in [2.75, 3.05) is 0 Å². The molecular weight excluding hydrogens is 285 g/mol. The van der Waals surface area contributed by atoms with E-state index in [4.69, 9.17) is 35.4 Å². The predicted molar refractivity (Wildman–Crippen MR) is 73.2 cm³/mol. The fourth-order valence-electron chi connectivity index (χ4n) is 1.17. The van der Waals surface area contributed by atoms with Crippen LogP contribution in [0.1, 0.15) is 5.56 Å². The fourth-order valence-corrected chi connectivity index (χ4v) is 2.51. The molecule has 2 nitrogen and oxygen atoms in total. The normalized spacial score (nSPS) is 18.0. The number of rotatable bonds is 1. The van der Waals surface area contributed by atoms with Gasteiger partial charge in [0.1, 0.15) is 4.99 Å². The van der Waals surface area contributed by atoms with Crippen molar-refractivity contribution in [3.05, 3.63) is 38.7 Å². The topological polar surface area (TPSA) is 29.1 Å². The van der Waals surface area contributed by atoms with E-state index in [1.807, 2.05) is 6.07 Å². The van der Waals surface area contributed by atoms with Gasteiger partial charge in [0, 0.05) is 0 Å². The fraction of sp³-hybridized carbons (Fsp3) is 0. The zero-order chi connectivity index (χ0) is 11.7. The van der Waals surface area contributed by atoms with Crippen molar-refractivity contribution >= 4 is 63.5 Å². The number of thioether (sulfide) groups is 1. The molecule has 1 aliphatic heterocycles. The number of carbonyl (C=O) groups excluding carboxylic acids is 1. The van der Waals surface area contributed by atoms with Gasteiger partial charge in [0.15, 0.2) is 0 Å². The summed E-state index contributed by atoms with van der Waals surface area (Å²) in [5.41, 5.74) is 0.857. The Kier molecular flexibility index (Phi) is 3.54. The maximum atomic E-state index is 11.1. The zero-order valence-electron chi connectivity index (χ0n) is 7.79. The van der Waals surface area contributed by atoms with Crippen molar-refractivity contribution in [3.63, 3.8) is 0 Å². The SMILES string of the molecule is O=C1NC(=S)/C(=C/c2ccc(Cl)c(Cl)c2)S1. The molecular formula is C10H5Cl2NOS2. The largest absolute Gasteiger partial charge is 0.307 e. The van der Waals surface area contributed by atoms with Crippen LogP contribution in [0.25, 0.3) is 6.08 Å². The molecule has 0 aliphatic carbocycles. The van der Waals surface area contributed by atoms with Gasteiger partial charge in [-0.1, -0.05) is 41.5 Å². The van der Waals surface area contributed by atoms with E-state index in [1.54, 1.807) is 18.2 Å². The number of halogens is 2. The first kappa shape index (κ1) is 11.9. The Balaban J connectivity index is 2.32. The maximum Gasteiger partial charge on any atom is 0.289 e. The van der Waals surface area contributed by atoms with Crippen LogP contribution in [0, 0.1) is 0 Å². The quantitative estimate of drug-likeness (QED) is 0.623. The van der Waals surface area contributed by atoms with E-state index in [1.165, 1.54) is 0 Å². The third-order valence-corrected chi connectivity index (χ3v) is 3.90. The highest BCUT2D eigenvalue weighted by Gasteiger charge is 2.21. The molecule has 0 spiro atoms. The number of amides is 1. The molecule has 16 heavy (non-hydrogen) atoms. The van der Waals surface area contributed by atoms with Crippen molar-refractivity contribution in [1.29, 1.82) is 0 Å². The van der Waals surface area contributed by atoms with Crippen molar-refractivity contribution in [2.24, 2.45) is 0 Å². The van der Waals surface area contributed by atoms with E-state index in [9.17, 15) is 4.79 Å². The van der Waals surface area contributed by atoms with E-state index < -0.39 is 0 Å². The minimum absolute atomic E-state index is 0.156. The molecule has 0 radical (unpaired) electrons. The zero-order valence-corrected chi connectivity index (χ0v) is 10.9. The van der Waals surface area contributed by atoms with Gasteiger partial charge in [-0.25, -0.2) is 0 Å². The number of hydrogen-bond donors (Lipinski definition) is 1. The molecule has 0 saturated carbocycles. The average molecular weight is 290 g/mol. The van der Waals surface area contributed by atoms with Crippen LogP contribution in [0.15, 0.2) is 23.1 Å². The summed E-state index contributed by atoms with van der Waals surface area (Å²) in [7, 11) is 0. The van der Waals surface area contributed by atoms with Crippen LogP contribution in [-0.4, -0.2) is 10.2 Å². The van der Waals surface area contributed by atoms with Gasteiger partial charge < -0.3 is 5.32 Å². The van der Waals surface area contributed by atoms with Crippen LogP contribution in [-0.2, 0) is 0 Å². The molecule has 1 amide bonds. The lowest BCUT2D eigenvalue weighted by Gasteiger charge is -1.99. The molecule has 1 fully saturated rings. The number of nitrogens with one attached hydrogen (secondary N) is 1. The molecule has 1 N–H and O–H groups in total. The predicted octanol–water partition coefficient (Wildman–Crippen LogP) is 4.12. The van der Waals surface area contributed by atoms with Crippen LogP contribution in [0.5, 0.6) is 0 Å². The van der Waals surface area contributed by atoms with Crippen molar-refractivity contribution < 1.29 is 4.79 Å². The number of benzene rings is 1. The Morgan fingerprint density at radius 3 is 2.62 bits per heavy atom. The molecule has 0 bridgehead atoms. The standard InChI is InChI=1S/C10H5Cl2NOS2/c11-6-2-1-5(3-7(6)12)4-8-9(15)13-10(14)16-8/h1-4H,(H,13,14,15)/b8-4-. The van der Waals surface area contributed by atoms with E-state index in [-0.39, 0.29) is 5.24 Å². The first-order chi connectivity index (χ1) is 7.56. The first-order valence-electron chi connectivity index (χ1n) is 4.26. The summed E-state index contributed by atoms with van der Waals surface area (Å²) in [5, 5.41) is 3.36. The van der Waals surface area contributed by atoms with Gasteiger partial charge in [0.25, 0.3) is 5.24 Å². The van der Waals surface area contributed by atoms with E-state index in [0.29, 0.717) is 15.0 Å². The second-order valence-corrected chi connectivity index (χ2v) is 5.26. The molecule has 1 aromatic rings. The monoisotopic (exact) mass is 289 g/mol. The number of carbonyl (C=O) groups is 1. The molecule has 82 valence electrons. The van der Waals surface area contributed by atoms with Crippen molar-refractivity contribution in [2.45, 2.75) is 0 Å². The minimum Gasteiger partial charge on any atom is -0.307 e. The third-order valence-electron chi connectivity index (χ3n) is 1.88. The highest BCUT2D eigenvalue weighted by atomic mass is 35.5. The Labute approximate surface area is 112 Å². The Hall–Kier alpha value is -0.550. The van der Waals surface area contributed by atoms with Crippen LogP contribution in [0.2, 0.25) is 10.0 Å². The average Bonchev–Trinajstić information content (AvgIpc) is 2.51. The lowest BCUT2D eigenvalue weighted by Crippen LogP contribution is -2.15. The molecule has 1 saturated heterocycles. The lowest BCUT2D eigenvalue weighted by atomic mass is 10.2. The summed E-state index contributed by atoms with van der Waals surface area (Å²) in [6.45, 7) is 0. The van der Waals surface area contributed by atoms with Gasteiger partial charge in [-0.3, -0.25) is 4.79 Å². The lowest BCUT2D eigenvalue weighted by molar-refractivity contribution is 0.265. The Morgan fingerprint density at radius 2 is 2.06 bits per heavy atom. The van der Waals surface area contributed by atoms with Crippen LogP contribution >= 0.6 is 47.2 Å². The maximum absolute atomic E-state index is 11.1. The van der Waals surface area contributed by atoms with Crippen LogP contribution in [0.3, 0.4) is 0 Å². The van der Waals surface area contributed by atoms with Gasteiger partial charge in [-0.2, -0.15) is 0 Å². The summed E-state index contributed by atoms with van der Waals surface area (Å²) < 4.78 is 0.